The summed E-state index contributed by atoms with van der Waals surface area (Å²) in [5.41, 5.74) is 1.94. The number of carbonyl (C=O) groups excluding carboxylic acids is 1. The number of hydrogen-bond acceptors (Lipinski definition) is 6. The predicted octanol–water partition coefficient (Wildman–Crippen LogP) is 1.74. The molecule has 0 unspecified atom stereocenters. The Labute approximate surface area is 153 Å². The predicted molar refractivity (Wildman–Crippen MR) is 99.6 cm³/mol. The van der Waals surface area contributed by atoms with Gasteiger partial charge < -0.3 is 5.32 Å². The fraction of sp³-hybridized carbons (Fsp3) is 0.222. The number of nitrogens with one attached hydrogen (secondary N) is 1. The number of hydrogen-bond donors (Lipinski definition) is 1. The van der Waals surface area contributed by atoms with Crippen LogP contribution in [0.4, 0.5) is 5.69 Å². The van der Waals surface area contributed by atoms with E-state index in [0.29, 0.717) is 40.3 Å². The van der Waals surface area contributed by atoms with Gasteiger partial charge in [0.1, 0.15) is 0 Å². The minimum atomic E-state index is -0.321. The second-order valence-electron chi connectivity index (χ2n) is 6.68. The summed E-state index contributed by atoms with van der Waals surface area (Å²) in [6, 6.07) is 8.38. The van der Waals surface area contributed by atoms with Gasteiger partial charge in [-0.1, -0.05) is 13.8 Å². The van der Waals surface area contributed by atoms with E-state index < -0.39 is 0 Å². The highest BCUT2D eigenvalue weighted by atomic mass is 16.1. The Morgan fingerprint density at radius 2 is 2.07 bits per heavy atom. The summed E-state index contributed by atoms with van der Waals surface area (Å²) < 4.78 is 3.01. The Hall–Kier alpha value is -3.62. The standard InChI is InChI=1S/C18H17N7O2/c1-11(2)8-24-10-19-15-5-4-13(7-14(15)18(24)27)20-17(26)12-3-6-16-21-22-23-25(16)9-12/h3-7,9-11H,8H2,1-2H3,(H,20,26). The van der Waals surface area contributed by atoms with Crippen molar-refractivity contribution in [2.24, 2.45) is 5.92 Å². The number of aromatic nitrogens is 6. The highest BCUT2D eigenvalue weighted by Gasteiger charge is 2.11. The van der Waals surface area contributed by atoms with E-state index in [1.807, 2.05) is 13.8 Å². The molecule has 0 radical (unpaired) electrons. The van der Waals surface area contributed by atoms with Crippen LogP contribution >= 0.6 is 0 Å². The fourth-order valence-corrected chi connectivity index (χ4v) is 2.84. The minimum Gasteiger partial charge on any atom is -0.322 e. The Balaban J connectivity index is 1.65. The summed E-state index contributed by atoms with van der Waals surface area (Å²) in [4.78, 5) is 29.5. The van der Waals surface area contributed by atoms with Gasteiger partial charge in [-0.3, -0.25) is 14.2 Å². The van der Waals surface area contributed by atoms with Gasteiger partial charge in [-0.05, 0) is 46.7 Å². The molecule has 9 nitrogen and oxygen atoms in total. The molecule has 0 aliphatic rings. The molecule has 1 amide bonds. The summed E-state index contributed by atoms with van der Waals surface area (Å²) in [6.07, 6.45) is 3.10. The first-order valence-electron chi connectivity index (χ1n) is 8.49. The van der Waals surface area contributed by atoms with Crippen molar-refractivity contribution >= 4 is 28.1 Å². The van der Waals surface area contributed by atoms with Gasteiger partial charge in [-0.25, -0.2) is 4.98 Å². The number of rotatable bonds is 4. The van der Waals surface area contributed by atoms with Crippen LogP contribution in [0.15, 0.2) is 47.7 Å². The van der Waals surface area contributed by atoms with E-state index in [0.717, 1.165) is 0 Å². The summed E-state index contributed by atoms with van der Waals surface area (Å²) in [5, 5.41) is 14.4. The lowest BCUT2D eigenvalue weighted by molar-refractivity contribution is 0.102. The van der Waals surface area contributed by atoms with Crippen molar-refractivity contribution in [3.05, 3.63) is 58.8 Å². The fourth-order valence-electron chi connectivity index (χ4n) is 2.84. The van der Waals surface area contributed by atoms with E-state index in [9.17, 15) is 9.59 Å². The smallest absolute Gasteiger partial charge is 0.261 e. The summed E-state index contributed by atoms with van der Waals surface area (Å²) in [7, 11) is 0. The lowest BCUT2D eigenvalue weighted by Crippen LogP contribution is -2.23. The molecule has 0 saturated carbocycles. The average Bonchev–Trinajstić information content (AvgIpc) is 3.12. The third-order valence-electron chi connectivity index (χ3n) is 4.10. The minimum absolute atomic E-state index is 0.125. The first-order valence-corrected chi connectivity index (χ1v) is 8.49. The van der Waals surface area contributed by atoms with Gasteiger partial charge in [0.15, 0.2) is 5.65 Å². The molecule has 0 fully saturated rings. The SMILES string of the molecule is CC(C)Cn1cnc2ccc(NC(=O)c3ccc4nnnn4c3)cc2c1=O. The third kappa shape index (κ3) is 3.26. The summed E-state index contributed by atoms with van der Waals surface area (Å²) in [6.45, 7) is 4.66. The largest absolute Gasteiger partial charge is 0.322 e. The van der Waals surface area contributed by atoms with Crippen molar-refractivity contribution in [2.45, 2.75) is 20.4 Å². The normalized spacial score (nSPS) is 11.4. The average molecular weight is 363 g/mol. The van der Waals surface area contributed by atoms with E-state index in [1.54, 1.807) is 47.4 Å². The van der Waals surface area contributed by atoms with Gasteiger partial charge in [-0.15, -0.1) is 5.10 Å². The molecule has 4 rings (SSSR count). The molecule has 136 valence electrons. The Bertz CT molecular complexity index is 1210. The monoisotopic (exact) mass is 363 g/mol. The number of benzene rings is 1. The van der Waals surface area contributed by atoms with Gasteiger partial charge >= 0.3 is 0 Å². The molecule has 0 aliphatic carbocycles. The summed E-state index contributed by atoms with van der Waals surface area (Å²) in [5.74, 6) is 0.00387. The maximum atomic E-state index is 12.7. The van der Waals surface area contributed by atoms with Crippen LogP contribution in [0.5, 0.6) is 0 Å². The maximum absolute atomic E-state index is 12.7. The number of fused-ring (bicyclic) bond motifs is 2. The number of tetrazole rings is 1. The quantitative estimate of drug-likeness (QED) is 0.592. The highest BCUT2D eigenvalue weighted by molar-refractivity contribution is 6.05. The van der Waals surface area contributed by atoms with Crippen LogP contribution in [0.25, 0.3) is 16.6 Å². The number of anilines is 1. The molecule has 0 spiro atoms. The van der Waals surface area contributed by atoms with Crippen molar-refractivity contribution in [1.29, 1.82) is 0 Å². The summed E-state index contributed by atoms with van der Waals surface area (Å²) >= 11 is 0. The van der Waals surface area contributed by atoms with Crippen LogP contribution in [-0.4, -0.2) is 35.5 Å². The molecule has 0 bridgehead atoms. The molecule has 1 aromatic carbocycles. The molecule has 9 heteroatoms. The zero-order chi connectivity index (χ0) is 19.0. The molecule has 27 heavy (non-hydrogen) atoms. The van der Waals surface area contributed by atoms with Gasteiger partial charge in [0.25, 0.3) is 11.5 Å². The number of carbonyl (C=O) groups is 1. The van der Waals surface area contributed by atoms with Crippen LogP contribution < -0.4 is 10.9 Å². The topological polar surface area (TPSA) is 107 Å². The Kier molecular flexibility index (Phi) is 4.11. The van der Waals surface area contributed by atoms with Crippen LogP contribution in [0, 0.1) is 5.92 Å². The molecule has 3 heterocycles. The Morgan fingerprint density at radius 3 is 2.89 bits per heavy atom. The Morgan fingerprint density at radius 1 is 1.22 bits per heavy atom. The molecular formula is C18H17N7O2. The van der Waals surface area contributed by atoms with Crippen molar-refractivity contribution in [2.75, 3.05) is 5.32 Å². The number of nitrogens with zero attached hydrogens (tertiary/aromatic N) is 6. The molecule has 4 aromatic rings. The van der Waals surface area contributed by atoms with E-state index in [-0.39, 0.29) is 11.5 Å². The molecular weight excluding hydrogens is 346 g/mol. The molecule has 1 N–H and O–H groups in total. The first kappa shape index (κ1) is 16.8. The van der Waals surface area contributed by atoms with E-state index >= 15 is 0 Å². The second-order valence-corrected chi connectivity index (χ2v) is 6.68. The maximum Gasteiger partial charge on any atom is 0.261 e. The van der Waals surface area contributed by atoms with Crippen molar-refractivity contribution in [1.82, 2.24) is 29.6 Å². The van der Waals surface area contributed by atoms with Gasteiger partial charge in [-0.2, -0.15) is 4.52 Å². The lowest BCUT2D eigenvalue weighted by atomic mass is 10.2. The zero-order valence-electron chi connectivity index (χ0n) is 14.8. The molecule has 0 aliphatic heterocycles. The molecule has 0 atom stereocenters. The van der Waals surface area contributed by atoms with Crippen LogP contribution in [0.3, 0.4) is 0 Å². The zero-order valence-corrected chi connectivity index (χ0v) is 14.8. The van der Waals surface area contributed by atoms with Gasteiger partial charge in [0.05, 0.1) is 22.8 Å². The van der Waals surface area contributed by atoms with Crippen molar-refractivity contribution < 1.29 is 4.79 Å². The third-order valence-corrected chi connectivity index (χ3v) is 4.10. The van der Waals surface area contributed by atoms with Gasteiger partial charge in [0.2, 0.25) is 0 Å². The molecule has 3 aromatic heterocycles. The van der Waals surface area contributed by atoms with Crippen LogP contribution in [0.1, 0.15) is 24.2 Å². The van der Waals surface area contributed by atoms with E-state index in [4.69, 9.17) is 0 Å². The van der Waals surface area contributed by atoms with E-state index in [2.05, 4.69) is 25.8 Å². The second kappa shape index (κ2) is 6.60. The number of pyridine rings is 1. The first-order chi connectivity index (χ1) is 13.0. The van der Waals surface area contributed by atoms with E-state index in [1.165, 1.54) is 4.52 Å². The van der Waals surface area contributed by atoms with Crippen LogP contribution in [-0.2, 0) is 6.54 Å². The molecule has 0 saturated heterocycles. The van der Waals surface area contributed by atoms with Crippen molar-refractivity contribution in [3.8, 4) is 0 Å². The lowest BCUT2D eigenvalue weighted by Gasteiger charge is -2.10. The van der Waals surface area contributed by atoms with Gasteiger partial charge in [0, 0.05) is 18.4 Å². The van der Waals surface area contributed by atoms with Crippen LogP contribution in [0.2, 0.25) is 0 Å². The van der Waals surface area contributed by atoms with Crippen molar-refractivity contribution in [3.63, 3.8) is 0 Å². The number of amides is 1. The highest BCUT2D eigenvalue weighted by Crippen LogP contribution is 2.16.